The molecule has 2 heterocycles. The number of nitrogens with one attached hydrogen (secondary N) is 1. The quantitative estimate of drug-likeness (QED) is 0.864. The highest BCUT2D eigenvalue weighted by Gasteiger charge is 2.19. The van der Waals surface area contributed by atoms with E-state index in [0.717, 1.165) is 31.9 Å². The molecule has 3 rings (SSSR count). The average Bonchev–Trinajstić information content (AvgIpc) is 2.93. The fourth-order valence-corrected chi connectivity index (χ4v) is 2.93. The van der Waals surface area contributed by atoms with Crippen molar-refractivity contribution in [2.24, 2.45) is 5.73 Å². The Morgan fingerprint density at radius 1 is 1.26 bits per heavy atom. The maximum atomic E-state index is 5.95. The van der Waals surface area contributed by atoms with Gasteiger partial charge < -0.3 is 10.5 Å². The van der Waals surface area contributed by atoms with Gasteiger partial charge in [-0.25, -0.2) is 10.4 Å². The summed E-state index contributed by atoms with van der Waals surface area (Å²) in [6.07, 6.45) is 4.93. The standard InChI is InChI=1S/C15H23N3O/c16-11-14(17-18-7-2-1-3-8-18)12-4-5-15-13(10-12)6-9-19-15/h4-5,10,14,17H,1-3,6-9,11,16H2. The molecule has 0 spiro atoms. The van der Waals surface area contributed by atoms with Gasteiger partial charge in [0.25, 0.3) is 0 Å². The average molecular weight is 261 g/mol. The van der Waals surface area contributed by atoms with E-state index >= 15 is 0 Å². The Bertz CT molecular complexity index is 429. The zero-order valence-corrected chi connectivity index (χ0v) is 11.4. The van der Waals surface area contributed by atoms with Gasteiger partial charge in [-0.2, -0.15) is 0 Å². The number of fused-ring (bicyclic) bond motifs is 1. The highest BCUT2D eigenvalue weighted by Crippen LogP contribution is 2.28. The summed E-state index contributed by atoms with van der Waals surface area (Å²) < 4.78 is 5.55. The van der Waals surface area contributed by atoms with Crippen molar-refractivity contribution in [1.29, 1.82) is 0 Å². The lowest BCUT2D eigenvalue weighted by Gasteiger charge is -2.31. The lowest BCUT2D eigenvalue weighted by molar-refractivity contribution is 0.130. The number of hydrogen-bond acceptors (Lipinski definition) is 4. The van der Waals surface area contributed by atoms with Gasteiger partial charge in [-0.05, 0) is 30.0 Å². The van der Waals surface area contributed by atoms with Gasteiger partial charge in [0.05, 0.1) is 12.6 Å². The minimum Gasteiger partial charge on any atom is -0.493 e. The Morgan fingerprint density at radius 2 is 2.11 bits per heavy atom. The molecule has 1 saturated heterocycles. The molecule has 1 unspecified atom stereocenters. The fourth-order valence-electron chi connectivity index (χ4n) is 2.93. The van der Waals surface area contributed by atoms with Crippen LogP contribution in [0.25, 0.3) is 0 Å². The maximum absolute atomic E-state index is 5.95. The molecule has 3 N–H and O–H groups in total. The molecule has 1 atom stereocenters. The van der Waals surface area contributed by atoms with Gasteiger partial charge in [-0.15, -0.1) is 0 Å². The molecule has 104 valence electrons. The summed E-state index contributed by atoms with van der Waals surface area (Å²) in [6, 6.07) is 6.68. The van der Waals surface area contributed by atoms with Crippen LogP contribution < -0.4 is 15.9 Å². The molecule has 0 aliphatic carbocycles. The summed E-state index contributed by atoms with van der Waals surface area (Å²) >= 11 is 0. The number of ether oxygens (including phenoxy) is 1. The topological polar surface area (TPSA) is 50.5 Å². The summed E-state index contributed by atoms with van der Waals surface area (Å²) in [4.78, 5) is 0. The molecule has 2 aliphatic rings. The summed E-state index contributed by atoms with van der Waals surface area (Å²) in [5, 5.41) is 2.32. The first-order chi connectivity index (χ1) is 9.36. The van der Waals surface area contributed by atoms with Crippen LogP contribution in [0.15, 0.2) is 18.2 Å². The van der Waals surface area contributed by atoms with Crippen LogP contribution in [0, 0.1) is 0 Å². The summed E-state index contributed by atoms with van der Waals surface area (Å²) in [5.74, 6) is 1.04. The number of nitrogens with zero attached hydrogens (tertiary/aromatic N) is 1. The number of piperidine rings is 1. The zero-order chi connectivity index (χ0) is 13.1. The number of hydrazine groups is 1. The molecule has 2 aliphatic heterocycles. The highest BCUT2D eigenvalue weighted by molar-refractivity contribution is 5.40. The van der Waals surface area contributed by atoms with Crippen LogP contribution in [0.5, 0.6) is 5.75 Å². The number of benzene rings is 1. The summed E-state index contributed by atoms with van der Waals surface area (Å²) in [5.41, 5.74) is 12.1. The second kappa shape index (κ2) is 5.90. The van der Waals surface area contributed by atoms with Crippen LogP contribution in [-0.2, 0) is 6.42 Å². The van der Waals surface area contributed by atoms with E-state index in [1.54, 1.807) is 0 Å². The lowest BCUT2D eigenvalue weighted by Crippen LogP contribution is -2.45. The van der Waals surface area contributed by atoms with E-state index in [4.69, 9.17) is 10.5 Å². The molecular weight excluding hydrogens is 238 g/mol. The maximum Gasteiger partial charge on any atom is 0.122 e. The third-order valence-corrected chi connectivity index (χ3v) is 4.05. The van der Waals surface area contributed by atoms with E-state index in [-0.39, 0.29) is 6.04 Å². The predicted molar refractivity (Wildman–Crippen MR) is 76.0 cm³/mol. The molecule has 0 radical (unpaired) electrons. The van der Waals surface area contributed by atoms with Gasteiger partial charge in [0.15, 0.2) is 0 Å². The smallest absolute Gasteiger partial charge is 0.122 e. The first-order valence-electron chi connectivity index (χ1n) is 7.33. The minimum atomic E-state index is 0.212. The van der Waals surface area contributed by atoms with E-state index in [1.165, 1.54) is 30.4 Å². The predicted octanol–water partition coefficient (Wildman–Crippen LogP) is 1.61. The zero-order valence-electron chi connectivity index (χ0n) is 11.4. The lowest BCUT2D eigenvalue weighted by atomic mass is 10.0. The first kappa shape index (κ1) is 12.9. The van der Waals surface area contributed by atoms with Crippen molar-refractivity contribution in [3.63, 3.8) is 0 Å². The fraction of sp³-hybridized carbons (Fsp3) is 0.600. The molecular formula is C15H23N3O. The summed E-state index contributed by atoms with van der Waals surface area (Å²) in [7, 11) is 0. The Morgan fingerprint density at radius 3 is 2.89 bits per heavy atom. The number of rotatable bonds is 4. The van der Waals surface area contributed by atoms with Crippen molar-refractivity contribution < 1.29 is 4.74 Å². The second-order valence-corrected chi connectivity index (χ2v) is 5.43. The van der Waals surface area contributed by atoms with E-state index in [2.05, 4.69) is 28.6 Å². The van der Waals surface area contributed by atoms with E-state index in [1.807, 2.05) is 0 Å². The van der Waals surface area contributed by atoms with Gasteiger partial charge >= 0.3 is 0 Å². The second-order valence-electron chi connectivity index (χ2n) is 5.43. The van der Waals surface area contributed by atoms with Crippen molar-refractivity contribution >= 4 is 0 Å². The van der Waals surface area contributed by atoms with Crippen molar-refractivity contribution in [1.82, 2.24) is 10.4 Å². The van der Waals surface area contributed by atoms with Crippen LogP contribution >= 0.6 is 0 Å². The third kappa shape index (κ3) is 2.91. The van der Waals surface area contributed by atoms with Gasteiger partial charge in [-0.1, -0.05) is 18.6 Å². The molecule has 0 aromatic heterocycles. The monoisotopic (exact) mass is 261 g/mol. The van der Waals surface area contributed by atoms with Gasteiger partial charge in [0, 0.05) is 26.1 Å². The van der Waals surface area contributed by atoms with Crippen LogP contribution in [0.4, 0.5) is 0 Å². The van der Waals surface area contributed by atoms with Gasteiger partial charge in [0.1, 0.15) is 5.75 Å². The van der Waals surface area contributed by atoms with Gasteiger partial charge in [0.2, 0.25) is 0 Å². The molecule has 0 saturated carbocycles. The molecule has 4 heteroatoms. The highest BCUT2D eigenvalue weighted by atomic mass is 16.5. The molecule has 0 bridgehead atoms. The third-order valence-electron chi connectivity index (χ3n) is 4.05. The number of hydrogen-bond donors (Lipinski definition) is 2. The molecule has 0 amide bonds. The number of nitrogens with two attached hydrogens (primary N) is 1. The molecule has 1 aromatic carbocycles. The molecule has 1 fully saturated rings. The van der Waals surface area contributed by atoms with Crippen LogP contribution in [0.3, 0.4) is 0 Å². The van der Waals surface area contributed by atoms with Crippen LogP contribution in [-0.4, -0.2) is 31.3 Å². The SMILES string of the molecule is NCC(NN1CCCCC1)c1ccc2c(c1)CCO2. The Balaban J connectivity index is 1.70. The first-order valence-corrected chi connectivity index (χ1v) is 7.33. The molecule has 4 nitrogen and oxygen atoms in total. The Labute approximate surface area is 114 Å². The van der Waals surface area contributed by atoms with Crippen LogP contribution in [0.2, 0.25) is 0 Å². The van der Waals surface area contributed by atoms with E-state index in [9.17, 15) is 0 Å². The van der Waals surface area contributed by atoms with Crippen molar-refractivity contribution in [3.05, 3.63) is 29.3 Å². The molecule has 19 heavy (non-hydrogen) atoms. The van der Waals surface area contributed by atoms with E-state index in [0.29, 0.717) is 6.54 Å². The normalized spacial score (nSPS) is 20.9. The molecule has 1 aromatic rings. The van der Waals surface area contributed by atoms with Crippen molar-refractivity contribution in [2.45, 2.75) is 31.7 Å². The van der Waals surface area contributed by atoms with Gasteiger partial charge in [-0.3, -0.25) is 0 Å². The van der Waals surface area contributed by atoms with Crippen molar-refractivity contribution in [3.8, 4) is 5.75 Å². The Kier molecular flexibility index (Phi) is 4.01. The minimum absolute atomic E-state index is 0.212. The Hall–Kier alpha value is -1.10. The van der Waals surface area contributed by atoms with Crippen LogP contribution in [0.1, 0.15) is 36.4 Å². The largest absolute Gasteiger partial charge is 0.493 e. The summed E-state index contributed by atoms with van der Waals surface area (Å²) in [6.45, 7) is 3.69. The van der Waals surface area contributed by atoms with Crippen molar-refractivity contribution in [2.75, 3.05) is 26.2 Å². The van der Waals surface area contributed by atoms with E-state index < -0.39 is 0 Å².